The maximum Gasteiger partial charge on any atom is 0.0619 e. The Labute approximate surface area is 109 Å². The van der Waals surface area contributed by atoms with Gasteiger partial charge in [-0.25, -0.2) is 0 Å². The average Bonchev–Trinajstić information content (AvgIpc) is 2.87. The number of benzene rings is 1. The summed E-state index contributed by atoms with van der Waals surface area (Å²) in [6.07, 6.45) is 4.32. The fourth-order valence-corrected chi connectivity index (χ4v) is 6.66. The van der Waals surface area contributed by atoms with Crippen LogP contribution in [0.25, 0.3) is 10.1 Å². The molecule has 0 unspecified atom stereocenters. The average molecular weight is 344 g/mol. The summed E-state index contributed by atoms with van der Waals surface area (Å²) in [5.74, 6) is 0. The highest BCUT2D eigenvalue weighted by Crippen LogP contribution is 2.50. The molecule has 0 atom stereocenters. The van der Waals surface area contributed by atoms with Crippen LogP contribution in [0, 0.1) is 3.57 Å². The van der Waals surface area contributed by atoms with Gasteiger partial charge in [0.15, 0.2) is 0 Å². The second kappa shape index (κ2) is 3.96. The highest BCUT2D eigenvalue weighted by molar-refractivity contribution is 14.1. The second-order valence-corrected chi connectivity index (χ2v) is 7.60. The minimum atomic E-state index is -0.158. The van der Waals surface area contributed by atoms with E-state index < -0.39 is 0 Å². The third-order valence-electron chi connectivity index (χ3n) is 2.36. The van der Waals surface area contributed by atoms with Gasteiger partial charge in [-0.15, -0.1) is 11.3 Å². The van der Waals surface area contributed by atoms with E-state index in [1.165, 1.54) is 17.9 Å². The van der Waals surface area contributed by atoms with Gasteiger partial charge in [0.2, 0.25) is 0 Å². The molecule has 0 aliphatic carbocycles. The Morgan fingerprint density at radius 2 is 1.80 bits per heavy atom. The molecule has 1 aliphatic heterocycles. The highest BCUT2D eigenvalue weighted by Gasteiger charge is 2.13. The molecule has 1 aliphatic rings. The number of thiol groups is 1. The van der Waals surface area contributed by atoms with Gasteiger partial charge in [-0.3, -0.25) is 0 Å². The number of thiophene rings is 1. The van der Waals surface area contributed by atoms with Gasteiger partial charge in [-0.2, -0.15) is 10.9 Å². The van der Waals surface area contributed by atoms with Crippen LogP contribution in [0.15, 0.2) is 51.4 Å². The summed E-state index contributed by atoms with van der Waals surface area (Å²) in [6.45, 7) is 0. The fourth-order valence-electron chi connectivity index (χ4n) is 1.64. The van der Waals surface area contributed by atoms with Crippen molar-refractivity contribution >= 4 is 54.9 Å². The van der Waals surface area contributed by atoms with Crippen molar-refractivity contribution in [2.45, 2.75) is 4.21 Å². The van der Waals surface area contributed by atoms with E-state index in [1.807, 2.05) is 11.3 Å². The molecule has 0 spiro atoms. The van der Waals surface area contributed by atoms with E-state index in [-0.39, 0.29) is 10.9 Å². The first-order valence-corrected chi connectivity index (χ1v) is 8.04. The van der Waals surface area contributed by atoms with Crippen molar-refractivity contribution in [1.82, 2.24) is 0 Å². The van der Waals surface area contributed by atoms with Crippen molar-refractivity contribution in [3.8, 4) is 0 Å². The molecule has 0 N–H and O–H groups in total. The van der Waals surface area contributed by atoms with Crippen molar-refractivity contribution in [2.24, 2.45) is 0 Å². The van der Waals surface area contributed by atoms with Crippen LogP contribution < -0.4 is 0 Å². The normalized spacial score (nSPS) is 16.7. The summed E-state index contributed by atoms with van der Waals surface area (Å²) in [5, 5.41) is 6.05. The summed E-state index contributed by atoms with van der Waals surface area (Å²) < 4.78 is 4.39. The monoisotopic (exact) mass is 344 g/mol. The smallest absolute Gasteiger partial charge is 0.0619 e. The van der Waals surface area contributed by atoms with Gasteiger partial charge >= 0.3 is 0 Å². The molecule has 0 radical (unpaired) electrons. The van der Waals surface area contributed by atoms with Gasteiger partial charge in [0.05, 0.1) is 4.21 Å². The van der Waals surface area contributed by atoms with E-state index in [0.717, 1.165) is 0 Å². The molecule has 3 heteroatoms. The van der Waals surface area contributed by atoms with E-state index in [2.05, 4.69) is 69.8 Å². The van der Waals surface area contributed by atoms with Crippen LogP contribution in [0.2, 0.25) is 0 Å². The van der Waals surface area contributed by atoms with E-state index in [9.17, 15) is 0 Å². The maximum absolute atomic E-state index is 2.48. The van der Waals surface area contributed by atoms with Crippen molar-refractivity contribution in [3.05, 3.63) is 50.8 Å². The Kier molecular flexibility index (Phi) is 2.62. The lowest BCUT2D eigenvalue weighted by atomic mass is 10.3. The lowest BCUT2D eigenvalue weighted by molar-refractivity contribution is 1.67. The number of hydrogen-bond donors (Lipinski definition) is 1. The summed E-state index contributed by atoms with van der Waals surface area (Å²) in [5.41, 5.74) is 0. The van der Waals surface area contributed by atoms with Crippen molar-refractivity contribution in [3.63, 3.8) is 0 Å². The highest BCUT2D eigenvalue weighted by atomic mass is 127. The minimum Gasteiger partial charge on any atom is -0.176 e. The predicted molar refractivity (Wildman–Crippen MR) is 80.1 cm³/mol. The lowest BCUT2D eigenvalue weighted by Gasteiger charge is -2.06. The van der Waals surface area contributed by atoms with Gasteiger partial charge in [0, 0.05) is 13.7 Å². The van der Waals surface area contributed by atoms with E-state index >= 15 is 0 Å². The first kappa shape index (κ1) is 9.93. The number of rotatable bonds is 1. The third-order valence-corrected chi connectivity index (χ3v) is 7.83. The zero-order chi connectivity index (χ0) is 10.3. The lowest BCUT2D eigenvalue weighted by Crippen LogP contribution is -1.72. The third kappa shape index (κ3) is 1.66. The van der Waals surface area contributed by atoms with Gasteiger partial charge in [0.25, 0.3) is 0 Å². The van der Waals surface area contributed by atoms with Gasteiger partial charge in [-0.05, 0) is 39.5 Å². The molecule has 3 rings (SSSR count). The first-order chi connectivity index (χ1) is 7.36. The summed E-state index contributed by atoms with van der Waals surface area (Å²) >= 11 is 4.42. The Balaban J connectivity index is 2.23. The van der Waals surface area contributed by atoms with Crippen molar-refractivity contribution in [1.29, 1.82) is 0 Å². The van der Waals surface area contributed by atoms with Crippen molar-refractivity contribution in [2.75, 3.05) is 0 Å². The predicted octanol–water partition coefficient (Wildman–Crippen LogP) is 4.91. The Bertz CT molecular complexity index is 554. The standard InChI is InChI=1S/C12H9IS2/c13-11-9-5-1-2-6-10(9)14-12(11)15-7-3-4-8-15/h1-8,15H. The zero-order valence-electron chi connectivity index (χ0n) is 7.85. The molecule has 0 saturated carbocycles. The van der Waals surface area contributed by atoms with Gasteiger partial charge in [-0.1, -0.05) is 30.4 Å². The van der Waals surface area contributed by atoms with Crippen LogP contribution >= 0.6 is 44.8 Å². The quantitative estimate of drug-likeness (QED) is 0.552. The molecule has 76 valence electrons. The summed E-state index contributed by atoms with van der Waals surface area (Å²) in [4.78, 5) is 0. The van der Waals surface area contributed by atoms with E-state index in [4.69, 9.17) is 0 Å². The molecule has 2 aromatic rings. The molecular weight excluding hydrogens is 335 g/mol. The number of allylic oxidation sites excluding steroid dienone is 2. The topological polar surface area (TPSA) is 0 Å². The molecular formula is C12H9IS2. The van der Waals surface area contributed by atoms with Crippen LogP contribution in [0.3, 0.4) is 0 Å². The van der Waals surface area contributed by atoms with Gasteiger partial charge < -0.3 is 0 Å². The molecule has 2 heterocycles. The Hall–Kier alpha value is -0.260. The molecule has 0 amide bonds. The Morgan fingerprint density at radius 1 is 1.07 bits per heavy atom. The SMILES string of the molecule is Ic1c([SH]2C=CC=C2)sc2ccccc12. The molecule has 0 nitrogen and oxygen atoms in total. The van der Waals surface area contributed by atoms with Crippen LogP contribution in [-0.4, -0.2) is 0 Å². The number of halogens is 1. The fraction of sp³-hybridized carbons (Fsp3) is 0. The molecule has 1 aromatic carbocycles. The van der Waals surface area contributed by atoms with E-state index in [1.54, 1.807) is 0 Å². The van der Waals surface area contributed by atoms with Crippen molar-refractivity contribution < 1.29 is 0 Å². The zero-order valence-corrected chi connectivity index (χ0v) is 11.7. The van der Waals surface area contributed by atoms with Crippen LogP contribution in [0.5, 0.6) is 0 Å². The van der Waals surface area contributed by atoms with Crippen LogP contribution in [-0.2, 0) is 0 Å². The number of hydrogen-bond acceptors (Lipinski definition) is 1. The largest absolute Gasteiger partial charge is 0.176 e. The summed E-state index contributed by atoms with van der Waals surface area (Å²) in [7, 11) is -0.158. The molecule has 0 bridgehead atoms. The van der Waals surface area contributed by atoms with E-state index in [0.29, 0.717) is 0 Å². The van der Waals surface area contributed by atoms with Crippen LogP contribution in [0.4, 0.5) is 0 Å². The number of fused-ring (bicyclic) bond motifs is 1. The molecule has 15 heavy (non-hydrogen) atoms. The van der Waals surface area contributed by atoms with Gasteiger partial charge in [0.1, 0.15) is 0 Å². The minimum absolute atomic E-state index is 0.158. The van der Waals surface area contributed by atoms with Crippen LogP contribution in [0.1, 0.15) is 0 Å². The maximum atomic E-state index is 2.48. The Morgan fingerprint density at radius 3 is 2.53 bits per heavy atom. The first-order valence-electron chi connectivity index (χ1n) is 4.66. The summed E-state index contributed by atoms with van der Waals surface area (Å²) in [6, 6.07) is 8.67. The molecule has 0 fully saturated rings. The molecule has 0 saturated heterocycles. The molecule has 1 aromatic heterocycles. The second-order valence-electron chi connectivity index (χ2n) is 3.31.